The van der Waals surface area contributed by atoms with Gasteiger partial charge in [0.1, 0.15) is 5.82 Å². The highest BCUT2D eigenvalue weighted by Gasteiger charge is 2.19. The van der Waals surface area contributed by atoms with Gasteiger partial charge in [-0.2, -0.15) is 0 Å². The summed E-state index contributed by atoms with van der Waals surface area (Å²) in [7, 11) is 0. The lowest BCUT2D eigenvalue weighted by Gasteiger charge is -2.34. The molecule has 2 rings (SSSR count). The minimum atomic E-state index is -0.156. The highest BCUT2D eigenvalue weighted by Crippen LogP contribution is 2.09. The van der Waals surface area contributed by atoms with Crippen molar-refractivity contribution in [2.75, 3.05) is 32.7 Å². The van der Waals surface area contributed by atoms with E-state index in [0.29, 0.717) is 12.3 Å². The number of piperazine rings is 1. The fourth-order valence-electron chi connectivity index (χ4n) is 2.91. The Balaban J connectivity index is 1.64. The molecule has 0 saturated carbocycles. The van der Waals surface area contributed by atoms with Crippen LogP contribution in [0.5, 0.6) is 0 Å². The summed E-state index contributed by atoms with van der Waals surface area (Å²) in [6.45, 7) is 6.75. The summed E-state index contributed by atoms with van der Waals surface area (Å²) in [5.74, 6) is 0.151. The predicted molar refractivity (Wildman–Crippen MR) is 87.3 cm³/mol. The summed E-state index contributed by atoms with van der Waals surface area (Å²) >= 11 is 0. The maximum absolute atomic E-state index is 13.1. The Labute approximate surface area is 133 Å². The van der Waals surface area contributed by atoms with Crippen LogP contribution in [0, 0.1) is 5.82 Å². The van der Waals surface area contributed by atoms with Crippen LogP contribution in [0.4, 0.5) is 4.39 Å². The summed E-state index contributed by atoms with van der Waals surface area (Å²) in [5.41, 5.74) is 1.06. The number of rotatable bonds is 7. The van der Waals surface area contributed by atoms with Gasteiger partial charge in [0.2, 0.25) is 5.91 Å². The Morgan fingerprint density at radius 1 is 1.18 bits per heavy atom. The van der Waals surface area contributed by atoms with E-state index < -0.39 is 0 Å². The van der Waals surface area contributed by atoms with Gasteiger partial charge in [-0.05, 0) is 43.5 Å². The molecule has 0 spiro atoms. The van der Waals surface area contributed by atoms with Crippen molar-refractivity contribution in [3.63, 3.8) is 0 Å². The second kappa shape index (κ2) is 8.89. The van der Waals surface area contributed by atoms with E-state index in [2.05, 4.69) is 11.8 Å². The van der Waals surface area contributed by atoms with Crippen LogP contribution >= 0.6 is 0 Å². The second-order valence-corrected chi connectivity index (χ2v) is 6.06. The third-order valence-electron chi connectivity index (χ3n) is 4.30. The molecule has 0 aromatic heterocycles. The van der Waals surface area contributed by atoms with Gasteiger partial charge in [0, 0.05) is 32.6 Å². The quantitative estimate of drug-likeness (QED) is 0.773. The molecule has 1 aromatic rings. The van der Waals surface area contributed by atoms with Crippen LogP contribution < -0.4 is 0 Å². The van der Waals surface area contributed by atoms with Crippen LogP contribution in [0.3, 0.4) is 0 Å². The number of aryl methyl sites for hydroxylation is 1. The molecule has 0 aliphatic carbocycles. The van der Waals surface area contributed by atoms with E-state index in [1.165, 1.54) is 6.07 Å². The zero-order chi connectivity index (χ0) is 15.8. The molecular formula is C18H27FN2O. The standard InChI is InChI=1S/C18H27FN2O/c1-2-3-9-18(22)21-13-11-20(12-14-21)10-5-7-16-6-4-8-17(19)15-16/h4,6,8,15H,2-3,5,7,9-14H2,1H3. The van der Waals surface area contributed by atoms with Crippen LogP contribution in [0.15, 0.2) is 24.3 Å². The second-order valence-electron chi connectivity index (χ2n) is 6.06. The van der Waals surface area contributed by atoms with Gasteiger partial charge in [0.05, 0.1) is 0 Å². The van der Waals surface area contributed by atoms with Crippen molar-refractivity contribution in [1.82, 2.24) is 9.80 Å². The van der Waals surface area contributed by atoms with Crippen LogP contribution in [0.2, 0.25) is 0 Å². The SMILES string of the molecule is CCCCC(=O)N1CCN(CCCc2cccc(F)c2)CC1. The molecule has 1 amide bonds. The van der Waals surface area contributed by atoms with E-state index in [9.17, 15) is 9.18 Å². The molecule has 3 nitrogen and oxygen atoms in total. The Hall–Kier alpha value is -1.42. The van der Waals surface area contributed by atoms with Crippen molar-refractivity contribution in [2.24, 2.45) is 0 Å². The van der Waals surface area contributed by atoms with Gasteiger partial charge in [-0.3, -0.25) is 9.69 Å². The molecule has 1 heterocycles. The normalized spacial score (nSPS) is 16.0. The number of benzene rings is 1. The molecule has 122 valence electrons. The van der Waals surface area contributed by atoms with Gasteiger partial charge in [0.15, 0.2) is 0 Å². The molecule has 0 N–H and O–H groups in total. The minimum absolute atomic E-state index is 0.156. The number of carbonyl (C=O) groups is 1. The summed E-state index contributed by atoms with van der Waals surface area (Å²) in [6, 6.07) is 6.85. The van der Waals surface area contributed by atoms with E-state index in [-0.39, 0.29) is 5.82 Å². The fourth-order valence-corrected chi connectivity index (χ4v) is 2.91. The Kier molecular flexibility index (Phi) is 6.84. The van der Waals surface area contributed by atoms with Gasteiger partial charge in [0.25, 0.3) is 0 Å². The summed E-state index contributed by atoms with van der Waals surface area (Å²) in [5, 5.41) is 0. The van der Waals surface area contributed by atoms with Crippen LogP contribution in [0.1, 0.15) is 38.2 Å². The molecule has 4 heteroatoms. The topological polar surface area (TPSA) is 23.6 Å². The van der Waals surface area contributed by atoms with E-state index >= 15 is 0 Å². The predicted octanol–water partition coefficient (Wildman–Crippen LogP) is 3.09. The van der Waals surface area contributed by atoms with E-state index in [1.54, 1.807) is 12.1 Å². The van der Waals surface area contributed by atoms with E-state index in [4.69, 9.17) is 0 Å². The molecule has 1 fully saturated rings. The van der Waals surface area contributed by atoms with Gasteiger partial charge < -0.3 is 4.90 Å². The third-order valence-corrected chi connectivity index (χ3v) is 4.30. The number of amides is 1. The zero-order valence-corrected chi connectivity index (χ0v) is 13.6. The monoisotopic (exact) mass is 306 g/mol. The van der Waals surface area contributed by atoms with Crippen molar-refractivity contribution in [3.05, 3.63) is 35.6 Å². The molecule has 0 bridgehead atoms. The number of unbranched alkanes of at least 4 members (excludes halogenated alkanes) is 1. The smallest absolute Gasteiger partial charge is 0.222 e. The lowest BCUT2D eigenvalue weighted by molar-refractivity contribution is -0.133. The lowest BCUT2D eigenvalue weighted by Crippen LogP contribution is -2.48. The summed E-state index contributed by atoms with van der Waals surface area (Å²) in [4.78, 5) is 16.4. The molecule has 22 heavy (non-hydrogen) atoms. The first-order valence-electron chi connectivity index (χ1n) is 8.43. The average molecular weight is 306 g/mol. The van der Waals surface area contributed by atoms with Gasteiger partial charge in [-0.1, -0.05) is 25.5 Å². The molecule has 1 saturated heterocycles. The van der Waals surface area contributed by atoms with Crippen molar-refractivity contribution in [2.45, 2.75) is 39.0 Å². The summed E-state index contributed by atoms with van der Waals surface area (Å²) in [6.07, 6.45) is 4.70. The van der Waals surface area contributed by atoms with Crippen molar-refractivity contribution < 1.29 is 9.18 Å². The van der Waals surface area contributed by atoms with Crippen LogP contribution in [-0.2, 0) is 11.2 Å². The maximum Gasteiger partial charge on any atom is 0.222 e. The lowest BCUT2D eigenvalue weighted by atomic mass is 10.1. The molecule has 0 atom stereocenters. The zero-order valence-electron chi connectivity index (χ0n) is 13.6. The summed E-state index contributed by atoms with van der Waals surface area (Å²) < 4.78 is 13.1. The van der Waals surface area contributed by atoms with E-state index in [0.717, 1.165) is 64.0 Å². The van der Waals surface area contributed by atoms with Crippen LogP contribution in [0.25, 0.3) is 0 Å². The van der Waals surface area contributed by atoms with E-state index in [1.807, 2.05) is 11.0 Å². The Morgan fingerprint density at radius 3 is 2.64 bits per heavy atom. The number of nitrogens with zero attached hydrogens (tertiary/aromatic N) is 2. The van der Waals surface area contributed by atoms with Gasteiger partial charge in [-0.15, -0.1) is 0 Å². The van der Waals surface area contributed by atoms with Crippen molar-refractivity contribution in [3.8, 4) is 0 Å². The fraction of sp³-hybridized carbons (Fsp3) is 0.611. The molecule has 1 aromatic carbocycles. The van der Waals surface area contributed by atoms with Crippen LogP contribution in [-0.4, -0.2) is 48.4 Å². The van der Waals surface area contributed by atoms with Gasteiger partial charge >= 0.3 is 0 Å². The minimum Gasteiger partial charge on any atom is -0.340 e. The first kappa shape index (κ1) is 16.9. The number of hydrogen-bond acceptors (Lipinski definition) is 2. The molecule has 1 aliphatic rings. The largest absolute Gasteiger partial charge is 0.340 e. The van der Waals surface area contributed by atoms with Crippen molar-refractivity contribution >= 4 is 5.91 Å². The first-order valence-corrected chi connectivity index (χ1v) is 8.43. The highest BCUT2D eigenvalue weighted by molar-refractivity contribution is 5.76. The number of hydrogen-bond donors (Lipinski definition) is 0. The Bertz CT molecular complexity index is 470. The average Bonchev–Trinajstić information content (AvgIpc) is 2.53. The number of carbonyl (C=O) groups excluding carboxylic acids is 1. The Morgan fingerprint density at radius 2 is 1.95 bits per heavy atom. The number of halogens is 1. The molecule has 0 radical (unpaired) electrons. The molecule has 1 aliphatic heterocycles. The van der Waals surface area contributed by atoms with Gasteiger partial charge in [-0.25, -0.2) is 4.39 Å². The van der Waals surface area contributed by atoms with Crippen molar-refractivity contribution in [1.29, 1.82) is 0 Å². The third kappa shape index (κ3) is 5.41. The highest BCUT2D eigenvalue weighted by atomic mass is 19.1. The maximum atomic E-state index is 13.1. The first-order chi connectivity index (χ1) is 10.7. The molecule has 0 unspecified atom stereocenters. The molecular weight excluding hydrogens is 279 g/mol.